The molecule has 0 spiro atoms. The van der Waals surface area contributed by atoms with E-state index in [1.54, 1.807) is 24.1 Å². The fraction of sp³-hybridized carbons (Fsp3) is 0.286. The average molecular weight is 259 g/mol. The molecule has 0 atom stereocenters. The second-order valence-electron chi connectivity index (χ2n) is 4.39. The number of rotatable bonds is 4. The van der Waals surface area contributed by atoms with Crippen molar-refractivity contribution >= 4 is 0 Å². The van der Waals surface area contributed by atoms with E-state index in [0.717, 1.165) is 22.4 Å². The molecule has 0 saturated carbocycles. The number of benzene rings is 1. The van der Waals surface area contributed by atoms with Crippen molar-refractivity contribution < 1.29 is 4.74 Å². The van der Waals surface area contributed by atoms with Crippen LogP contribution in [-0.2, 0) is 13.1 Å². The summed E-state index contributed by atoms with van der Waals surface area (Å²) in [4.78, 5) is 15.5. The molecule has 0 radical (unpaired) electrons. The molecule has 0 aliphatic heterocycles. The van der Waals surface area contributed by atoms with Gasteiger partial charge in [0.15, 0.2) is 0 Å². The minimum absolute atomic E-state index is 0.254. The van der Waals surface area contributed by atoms with Gasteiger partial charge in [-0.2, -0.15) is 0 Å². The van der Waals surface area contributed by atoms with Gasteiger partial charge < -0.3 is 10.5 Å². The summed E-state index contributed by atoms with van der Waals surface area (Å²) in [5.74, 6) is 0.765. The Morgan fingerprint density at radius 2 is 2.21 bits per heavy atom. The van der Waals surface area contributed by atoms with Gasteiger partial charge in [0, 0.05) is 24.5 Å². The van der Waals surface area contributed by atoms with Gasteiger partial charge in [-0.25, -0.2) is 9.78 Å². The maximum atomic E-state index is 11.7. The quantitative estimate of drug-likeness (QED) is 0.891. The zero-order chi connectivity index (χ0) is 13.8. The normalized spacial score (nSPS) is 10.5. The van der Waals surface area contributed by atoms with Gasteiger partial charge in [0.1, 0.15) is 5.75 Å². The molecule has 2 N–H and O–H groups in total. The zero-order valence-corrected chi connectivity index (χ0v) is 11.1. The van der Waals surface area contributed by atoms with Crippen molar-refractivity contribution in [3.05, 3.63) is 57.8 Å². The summed E-state index contributed by atoms with van der Waals surface area (Å²) in [5, 5.41) is 0. The maximum Gasteiger partial charge on any atom is 0.347 e. The smallest absolute Gasteiger partial charge is 0.347 e. The van der Waals surface area contributed by atoms with Crippen LogP contribution in [0.3, 0.4) is 0 Å². The Balaban J connectivity index is 2.33. The lowest BCUT2D eigenvalue weighted by molar-refractivity contribution is 0.409. The van der Waals surface area contributed by atoms with Gasteiger partial charge in [0.05, 0.1) is 13.7 Å². The molecule has 0 saturated heterocycles. The van der Waals surface area contributed by atoms with E-state index in [9.17, 15) is 4.79 Å². The number of aromatic nitrogens is 2. The molecule has 5 heteroatoms. The highest BCUT2D eigenvalue weighted by atomic mass is 16.5. The molecule has 0 aliphatic rings. The summed E-state index contributed by atoms with van der Waals surface area (Å²) in [7, 11) is 1.61. The molecular formula is C14H17N3O2. The summed E-state index contributed by atoms with van der Waals surface area (Å²) in [6.45, 7) is 2.78. The van der Waals surface area contributed by atoms with E-state index >= 15 is 0 Å². The number of aryl methyl sites for hydroxylation is 1. The van der Waals surface area contributed by atoms with E-state index < -0.39 is 0 Å². The van der Waals surface area contributed by atoms with Crippen LogP contribution in [0.1, 0.15) is 16.7 Å². The Bertz CT molecular complexity index is 635. The van der Waals surface area contributed by atoms with Crippen LogP contribution in [0.25, 0.3) is 0 Å². The lowest BCUT2D eigenvalue weighted by atomic mass is 10.1. The Hall–Kier alpha value is -2.14. The van der Waals surface area contributed by atoms with Crippen LogP contribution in [-0.4, -0.2) is 16.7 Å². The van der Waals surface area contributed by atoms with Gasteiger partial charge in [-0.05, 0) is 30.2 Å². The van der Waals surface area contributed by atoms with Crippen molar-refractivity contribution in [2.75, 3.05) is 7.11 Å². The molecular weight excluding hydrogens is 242 g/mol. The molecule has 19 heavy (non-hydrogen) atoms. The predicted octanol–water partition coefficient (Wildman–Crippen LogP) is 1.07. The van der Waals surface area contributed by atoms with Gasteiger partial charge >= 0.3 is 5.69 Å². The van der Waals surface area contributed by atoms with Gasteiger partial charge in [-0.1, -0.05) is 6.07 Å². The monoisotopic (exact) mass is 259 g/mol. The Kier molecular flexibility index (Phi) is 3.97. The Morgan fingerprint density at radius 3 is 2.89 bits per heavy atom. The van der Waals surface area contributed by atoms with E-state index in [4.69, 9.17) is 10.5 Å². The molecule has 0 bridgehead atoms. The molecule has 100 valence electrons. The molecule has 0 amide bonds. The van der Waals surface area contributed by atoms with Crippen LogP contribution in [0.15, 0.2) is 35.4 Å². The fourth-order valence-corrected chi connectivity index (χ4v) is 1.97. The van der Waals surface area contributed by atoms with Crippen LogP contribution in [0, 0.1) is 6.92 Å². The number of ether oxygens (including phenoxy) is 1. The van der Waals surface area contributed by atoms with Crippen molar-refractivity contribution in [2.45, 2.75) is 20.0 Å². The average Bonchev–Trinajstić information content (AvgIpc) is 2.42. The van der Waals surface area contributed by atoms with Gasteiger partial charge in [-0.15, -0.1) is 0 Å². The summed E-state index contributed by atoms with van der Waals surface area (Å²) in [5.41, 5.74) is 8.30. The first kappa shape index (κ1) is 13.3. The molecule has 1 aromatic heterocycles. The largest absolute Gasteiger partial charge is 0.496 e. The molecule has 1 aromatic carbocycles. The number of nitrogens with zero attached hydrogens (tertiary/aromatic N) is 2. The Labute approximate surface area is 111 Å². The van der Waals surface area contributed by atoms with E-state index in [-0.39, 0.29) is 5.69 Å². The van der Waals surface area contributed by atoms with E-state index in [1.165, 1.54) is 0 Å². The number of nitrogens with two attached hydrogens (primary N) is 1. The molecule has 0 fully saturated rings. The topological polar surface area (TPSA) is 70.1 Å². The first-order chi connectivity index (χ1) is 9.13. The van der Waals surface area contributed by atoms with Crippen LogP contribution in [0.2, 0.25) is 0 Å². The number of hydrogen-bond donors (Lipinski definition) is 1. The number of methoxy groups -OCH3 is 1. The highest BCUT2D eigenvalue weighted by Gasteiger charge is 2.05. The summed E-state index contributed by atoms with van der Waals surface area (Å²) in [6.07, 6.45) is 3.36. The van der Waals surface area contributed by atoms with Gasteiger partial charge in [-0.3, -0.25) is 4.57 Å². The zero-order valence-electron chi connectivity index (χ0n) is 11.1. The predicted molar refractivity (Wildman–Crippen MR) is 73.2 cm³/mol. The van der Waals surface area contributed by atoms with E-state index in [1.807, 2.05) is 25.1 Å². The minimum atomic E-state index is -0.254. The van der Waals surface area contributed by atoms with Crippen molar-refractivity contribution in [3.63, 3.8) is 0 Å². The number of hydrogen-bond acceptors (Lipinski definition) is 4. The highest BCUT2D eigenvalue weighted by Crippen LogP contribution is 2.19. The van der Waals surface area contributed by atoms with Gasteiger partial charge in [0.2, 0.25) is 0 Å². The van der Waals surface area contributed by atoms with Crippen molar-refractivity contribution in [1.82, 2.24) is 9.55 Å². The molecule has 2 aromatic rings. The lowest BCUT2D eigenvalue weighted by Gasteiger charge is -2.10. The summed E-state index contributed by atoms with van der Waals surface area (Å²) in [6, 6.07) is 5.74. The summed E-state index contributed by atoms with van der Waals surface area (Å²) >= 11 is 0. The first-order valence-electron chi connectivity index (χ1n) is 6.03. The SMILES string of the molecule is COc1ccc(Cn2cc(C)cnc2=O)cc1CN. The van der Waals surface area contributed by atoms with Crippen LogP contribution < -0.4 is 16.2 Å². The van der Waals surface area contributed by atoms with Crippen molar-refractivity contribution in [3.8, 4) is 5.75 Å². The standard InChI is InChI=1S/C14H17N3O2/c1-10-7-16-14(18)17(8-10)9-11-3-4-13(19-2)12(5-11)6-15/h3-5,7-8H,6,9,15H2,1-2H3. The van der Waals surface area contributed by atoms with E-state index in [2.05, 4.69) is 4.98 Å². The molecule has 1 heterocycles. The second kappa shape index (κ2) is 5.67. The fourth-order valence-electron chi connectivity index (χ4n) is 1.97. The third kappa shape index (κ3) is 3.00. The van der Waals surface area contributed by atoms with Crippen molar-refractivity contribution in [2.24, 2.45) is 5.73 Å². The molecule has 2 rings (SSSR count). The maximum absolute atomic E-state index is 11.7. The van der Waals surface area contributed by atoms with Crippen LogP contribution >= 0.6 is 0 Å². The van der Waals surface area contributed by atoms with Crippen molar-refractivity contribution in [1.29, 1.82) is 0 Å². The van der Waals surface area contributed by atoms with E-state index in [0.29, 0.717) is 13.1 Å². The Morgan fingerprint density at radius 1 is 1.42 bits per heavy atom. The minimum Gasteiger partial charge on any atom is -0.496 e. The molecule has 0 aliphatic carbocycles. The van der Waals surface area contributed by atoms with Crippen LogP contribution in [0.5, 0.6) is 5.75 Å². The molecule has 0 unspecified atom stereocenters. The second-order valence-corrected chi connectivity index (χ2v) is 4.39. The first-order valence-corrected chi connectivity index (χ1v) is 6.03. The molecule has 5 nitrogen and oxygen atoms in total. The third-order valence-electron chi connectivity index (χ3n) is 2.90. The van der Waals surface area contributed by atoms with Crippen LogP contribution in [0.4, 0.5) is 0 Å². The third-order valence-corrected chi connectivity index (χ3v) is 2.90. The summed E-state index contributed by atoms with van der Waals surface area (Å²) < 4.78 is 6.80. The van der Waals surface area contributed by atoms with Gasteiger partial charge in [0.25, 0.3) is 0 Å². The highest BCUT2D eigenvalue weighted by molar-refractivity contribution is 5.37. The lowest BCUT2D eigenvalue weighted by Crippen LogP contribution is -2.23.